The summed E-state index contributed by atoms with van der Waals surface area (Å²) >= 11 is 0. The summed E-state index contributed by atoms with van der Waals surface area (Å²) in [6.07, 6.45) is 4.70. The van der Waals surface area contributed by atoms with Gasteiger partial charge in [-0.2, -0.15) is 5.10 Å². The van der Waals surface area contributed by atoms with Crippen LogP contribution < -0.4 is 5.73 Å². The number of nitrogens with two attached hydrogens (primary N) is 1. The summed E-state index contributed by atoms with van der Waals surface area (Å²) in [6.45, 7) is 5.53. The largest absolute Gasteiger partial charge is 0.367 e. The molecular formula is C14H25N3O. The molecule has 2 rings (SSSR count). The zero-order valence-corrected chi connectivity index (χ0v) is 11.8. The van der Waals surface area contributed by atoms with Gasteiger partial charge in [-0.05, 0) is 31.7 Å². The van der Waals surface area contributed by atoms with Crippen molar-refractivity contribution in [3.05, 3.63) is 17.5 Å². The summed E-state index contributed by atoms with van der Waals surface area (Å²) in [5, 5.41) is 4.34. The molecule has 0 spiro atoms. The first-order valence-corrected chi connectivity index (χ1v) is 6.88. The molecule has 2 atom stereocenters. The summed E-state index contributed by atoms with van der Waals surface area (Å²) in [7, 11) is 1.96. The number of hydrogen-bond donors (Lipinski definition) is 1. The zero-order chi connectivity index (χ0) is 13.2. The lowest BCUT2D eigenvalue weighted by Crippen LogP contribution is -2.44. The molecule has 2 unspecified atom stereocenters. The number of ether oxygens (including phenoxy) is 1. The summed E-state index contributed by atoms with van der Waals surface area (Å²) in [4.78, 5) is 0. The number of nitrogens with zero attached hydrogens (tertiary/aromatic N) is 2. The second kappa shape index (κ2) is 5.41. The fourth-order valence-corrected chi connectivity index (χ4v) is 3.01. The van der Waals surface area contributed by atoms with Crippen LogP contribution in [0.4, 0.5) is 0 Å². The standard InChI is InChI=1S/C14H25N3O/c1-11-5-4-6-14(8-11,10-15)18-9-13-7-12(2)16-17(13)3/h7,11H,4-6,8-10,15H2,1-3H3. The van der Waals surface area contributed by atoms with Crippen LogP contribution in [0.3, 0.4) is 0 Å². The highest BCUT2D eigenvalue weighted by atomic mass is 16.5. The van der Waals surface area contributed by atoms with Crippen LogP contribution in [-0.4, -0.2) is 21.9 Å². The highest BCUT2D eigenvalue weighted by Gasteiger charge is 2.34. The average molecular weight is 251 g/mol. The predicted octanol–water partition coefficient (Wildman–Crippen LogP) is 2.15. The van der Waals surface area contributed by atoms with Gasteiger partial charge in [0.2, 0.25) is 0 Å². The van der Waals surface area contributed by atoms with Crippen molar-refractivity contribution >= 4 is 0 Å². The van der Waals surface area contributed by atoms with E-state index in [1.54, 1.807) is 0 Å². The molecule has 2 N–H and O–H groups in total. The van der Waals surface area contributed by atoms with Crippen LogP contribution in [0.1, 0.15) is 44.0 Å². The van der Waals surface area contributed by atoms with Crippen LogP contribution in [0.15, 0.2) is 6.07 Å². The van der Waals surface area contributed by atoms with Crippen LogP contribution in [-0.2, 0) is 18.4 Å². The molecule has 1 heterocycles. The Balaban J connectivity index is 2.00. The van der Waals surface area contributed by atoms with Gasteiger partial charge >= 0.3 is 0 Å². The van der Waals surface area contributed by atoms with E-state index in [1.165, 1.54) is 12.8 Å². The maximum Gasteiger partial charge on any atom is 0.0892 e. The van der Waals surface area contributed by atoms with Gasteiger partial charge in [0.25, 0.3) is 0 Å². The van der Waals surface area contributed by atoms with Gasteiger partial charge in [-0.1, -0.05) is 19.8 Å². The van der Waals surface area contributed by atoms with E-state index in [4.69, 9.17) is 10.5 Å². The molecule has 102 valence electrons. The molecule has 1 fully saturated rings. The lowest BCUT2D eigenvalue weighted by molar-refractivity contribution is -0.0858. The number of rotatable bonds is 4. The fourth-order valence-electron chi connectivity index (χ4n) is 3.01. The first-order chi connectivity index (χ1) is 8.54. The van der Waals surface area contributed by atoms with Gasteiger partial charge in [0.1, 0.15) is 0 Å². The highest BCUT2D eigenvalue weighted by Crippen LogP contribution is 2.35. The molecular weight excluding hydrogens is 226 g/mol. The third-order valence-electron chi connectivity index (χ3n) is 4.05. The van der Waals surface area contributed by atoms with Crippen molar-refractivity contribution in [3.63, 3.8) is 0 Å². The summed E-state index contributed by atoms with van der Waals surface area (Å²) in [6, 6.07) is 2.08. The molecule has 0 radical (unpaired) electrons. The average Bonchev–Trinajstić information content (AvgIpc) is 2.65. The number of aromatic nitrogens is 2. The van der Waals surface area contributed by atoms with Gasteiger partial charge in [-0.3, -0.25) is 4.68 Å². The first-order valence-electron chi connectivity index (χ1n) is 6.88. The Morgan fingerprint density at radius 1 is 1.61 bits per heavy atom. The lowest BCUT2D eigenvalue weighted by Gasteiger charge is -2.39. The van der Waals surface area contributed by atoms with Gasteiger partial charge < -0.3 is 10.5 Å². The van der Waals surface area contributed by atoms with Gasteiger partial charge in [-0.15, -0.1) is 0 Å². The summed E-state index contributed by atoms with van der Waals surface area (Å²) in [5.41, 5.74) is 8.01. The van der Waals surface area contributed by atoms with E-state index in [0.29, 0.717) is 13.2 Å². The van der Waals surface area contributed by atoms with Crippen LogP contribution in [0.5, 0.6) is 0 Å². The van der Waals surface area contributed by atoms with Crippen LogP contribution in [0.2, 0.25) is 0 Å². The van der Waals surface area contributed by atoms with Crippen molar-refractivity contribution in [2.75, 3.05) is 6.54 Å². The molecule has 1 aromatic rings. The van der Waals surface area contributed by atoms with E-state index in [9.17, 15) is 0 Å². The SMILES string of the molecule is Cc1cc(COC2(CN)CCCC(C)C2)n(C)n1. The summed E-state index contributed by atoms with van der Waals surface area (Å²) < 4.78 is 8.08. The maximum atomic E-state index is 6.18. The van der Waals surface area contributed by atoms with E-state index < -0.39 is 0 Å². The molecule has 4 nitrogen and oxygen atoms in total. The fraction of sp³-hybridized carbons (Fsp3) is 0.786. The molecule has 0 aromatic carbocycles. The van der Waals surface area contributed by atoms with Crippen molar-refractivity contribution in [2.45, 2.75) is 51.7 Å². The molecule has 1 aliphatic carbocycles. The van der Waals surface area contributed by atoms with Gasteiger partial charge in [0, 0.05) is 13.6 Å². The molecule has 1 aliphatic rings. The van der Waals surface area contributed by atoms with Crippen molar-refractivity contribution in [1.29, 1.82) is 0 Å². The predicted molar refractivity (Wildman–Crippen MR) is 72.2 cm³/mol. The van der Waals surface area contributed by atoms with Crippen molar-refractivity contribution in [1.82, 2.24) is 9.78 Å². The van der Waals surface area contributed by atoms with E-state index in [-0.39, 0.29) is 5.60 Å². The second-order valence-electron chi connectivity index (χ2n) is 5.78. The first kappa shape index (κ1) is 13.6. The topological polar surface area (TPSA) is 53.1 Å². The van der Waals surface area contributed by atoms with Crippen LogP contribution in [0, 0.1) is 12.8 Å². The van der Waals surface area contributed by atoms with E-state index in [1.807, 2.05) is 18.7 Å². The molecule has 18 heavy (non-hydrogen) atoms. The van der Waals surface area contributed by atoms with Crippen LogP contribution in [0.25, 0.3) is 0 Å². The molecule has 0 bridgehead atoms. The molecule has 1 saturated carbocycles. The Labute approximate surface area is 110 Å². The van der Waals surface area contributed by atoms with Crippen molar-refractivity contribution < 1.29 is 4.74 Å². The smallest absolute Gasteiger partial charge is 0.0892 e. The van der Waals surface area contributed by atoms with Crippen LogP contribution >= 0.6 is 0 Å². The van der Waals surface area contributed by atoms with E-state index in [2.05, 4.69) is 18.1 Å². The Morgan fingerprint density at radius 2 is 2.39 bits per heavy atom. The third-order valence-corrected chi connectivity index (χ3v) is 4.05. The van der Waals surface area contributed by atoms with Gasteiger partial charge in [0.15, 0.2) is 0 Å². The quantitative estimate of drug-likeness (QED) is 0.892. The molecule has 1 aromatic heterocycles. The minimum Gasteiger partial charge on any atom is -0.367 e. The molecule has 4 heteroatoms. The Kier molecular flexibility index (Phi) is 4.07. The van der Waals surface area contributed by atoms with Gasteiger partial charge in [-0.25, -0.2) is 0 Å². The maximum absolute atomic E-state index is 6.18. The number of aryl methyl sites for hydroxylation is 2. The van der Waals surface area contributed by atoms with Crippen molar-refractivity contribution in [2.24, 2.45) is 18.7 Å². The normalized spacial score (nSPS) is 28.6. The molecule has 0 aliphatic heterocycles. The Hall–Kier alpha value is -0.870. The number of hydrogen-bond acceptors (Lipinski definition) is 3. The van der Waals surface area contributed by atoms with E-state index >= 15 is 0 Å². The minimum atomic E-state index is -0.115. The monoisotopic (exact) mass is 251 g/mol. The Bertz CT molecular complexity index is 402. The Morgan fingerprint density at radius 3 is 2.94 bits per heavy atom. The second-order valence-corrected chi connectivity index (χ2v) is 5.78. The summed E-state index contributed by atoms with van der Waals surface area (Å²) in [5.74, 6) is 0.718. The van der Waals surface area contributed by atoms with Gasteiger partial charge in [0.05, 0.1) is 23.6 Å². The third kappa shape index (κ3) is 2.93. The minimum absolute atomic E-state index is 0.115. The lowest BCUT2D eigenvalue weighted by atomic mass is 9.79. The van der Waals surface area contributed by atoms with E-state index in [0.717, 1.165) is 30.1 Å². The van der Waals surface area contributed by atoms with Crippen molar-refractivity contribution in [3.8, 4) is 0 Å². The molecule has 0 amide bonds. The zero-order valence-electron chi connectivity index (χ0n) is 11.8. The highest BCUT2D eigenvalue weighted by molar-refractivity contribution is 5.07. The molecule has 0 saturated heterocycles.